The van der Waals surface area contributed by atoms with Crippen molar-refractivity contribution in [1.29, 1.82) is 0 Å². The molecule has 1 amide bonds. The Bertz CT molecular complexity index is 657. The fourth-order valence-electron chi connectivity index (χ4n) is 3.23. The smallest absolute Gasteiger partial charge is 0.254 e. The van der Waals surface area contributed by atoms with E-state index in [0.29, 0.717) is 23.8 Å². The summed E-state index contributed by atoms with van der Waals surface area (Å²) in [6.07, 6.45) is 3.49. The standard InChI is InChI=1S/C18H21NO2/c1-12-10-17(13(2)21-12)18(20)19-11-15-8-5-7-14-6-3-4-9-16(14)15/h3-4,6,9-10,15H,5,7-8,11H2,1-2H3,(H,19,20). The molecule has 21 heavy (non-hydrogen) atoms. The van der Waals surface area contributed by atoms with Crippen molar-refractivity contribution in [2.75, 3.05) is 6.54 Å². The highest BCUT2D eigenvalue weighted by atomic mass is 16.3. The van der Waals surface area contributed by atoms with Crippen molar-refractivity contribution < 1.29 is 9.21 Å². The van der Waals surface area contributed by atoms with Gasteiger partial charge in [0, 0.05) is 12.5 Å². The van der Waals surface area contributed by atoms with E-state index in [1.807, 2.05) is 13.8 Å². The first kappa shape index (κ1) is 13.9. The monoisotopic (exact) mass is 283 g/mol. The molecule has 2 aromatic rings. The van der Waals surface area contributed by atoms with Crippen LogP contribution in [0.1, 0.15) is 51.8 Å². The Kier molecular flexibility index (Phi) is 3.82. The normalized spacial score (nSPS) is 17.3. The molecule has 0 bridgehead atoms. The molecular weight excluding hydrogens is 262 g/mol. The van der Waals surface area contributed by atoms with Crippen LogP contribution in [0.4, 0.5) is 0 Å². The molecule has 0 saturated carbocycles. The zero-order valence-corrected chi connectivity index (χ0v) is 12.6. The molecule has 1 atom stereocenters. The Morgan fingerprint density at radius 2 is 2.14 bits per heavy atom. The van der Waals surface area contributed by atoms with Gasteiger partial charge in [-0.15, -0.1) is 0 Å². The van der Waals surface area contributed by atoms with Gasteiger partial charge in [-0.1, -0.05) is 24.3 Å². The second-order valence-electron chi connectivity index (χ2n) is 5.82. The molecule has 0 aliphatic heterocycles. The van der Waals surface area contributed by atoms with Crippen LogP contribution in [0.2, 0.25) is 0 Å². The zero-order valence-electron chi connectivity index (χ0n) is 12.6. The summed E-state index contributed by atoms with van der Waals surface area (Å²) in [7, 11) is 0. The van der Waals surface area contributed by atoms with Crippen LogP contribution in [0.5, 0.6) is 0 Å². The lowest BCUT2D eigenvalue weighted by molar-refractivity contribution is 0.0948. The first-order chi connectivity index (χ1) is 10.1. The van der Waals surface area contributed by atoms with Gasteiger partial charge in [0.25, 0.3) is 5.91 Å². The first-order valence-electron chi connectivity index (χ1n) is 7.58. The molecular formula is C18H21NO2. The molecule has 1 aromatic carbocycles. The third kappa shape index (κ3) is 2.87. The van der Waals surface area contributed by atoms with E-state index in [4.69, 9.17) is 4.42 Å². The van der Waals surface area contributed by atoms with Gasteiger partial charge in [-0.25, -0.2) is 0 Å². The van der Waals surface area contributed by atoms with Crippen molar-refractivity contribution in [3.8, 4) is 0 Å². The van der Waals surface area contributed by atoms with Gasteiger partial charge in [-0.05, 0) is 50.3 Å². The van der Waals surface area contributed by atoms with Crippen LogP contribution in [0.3, 0.4) is 0 Å². The van der Waals surface area contributed by atoms with Gasteiger partial charge in [0.2, 0.25) is 0 Å². The molecule has 1 N–H and O–H groups in total. The van der Waals surface area contributed by atoms with Gasteiger partial charge in [-0.3, -0.25) is 4.79 Å². The van der Waals surface area contributed by atoms with Gasteiger partial charge in [0.05, 0.1) is 5.56 Å². The highest BCUT2D eigenvalue weighted by Crippen LogP contribution is 2.30. The van der Waals surface area contributed by atoms with E-state index in [-0.39, 0.29) is 5.91 Å². The molecule has 110 valence electrons. The Morgan fingerprint density at radius 3 is 2.90 bits per heavy atom. The van der Waals surface area contributed by atoms with Crippen molar-refractivity contribution >= 4 is 5.91 Å². The number of hydrogen-bond donors (Lipinski definition) is 1. The van der Waals surface area contributed by atoms with E-state index in [9.17, 15) is 4.79 Å². The summed E-state index contributed by atoms with van der Waals surface area (Å²) >= 11 is 0. The number of nitrogens with one attached hydrogen (secondary N) is 1. The number of carbonyl (C=O) groups excluding carboxylic acids is 1. The number of fused-ring (bicyclic) bond motifs is 1. The highest BCUT2D eigenvalue weighted by Gasteiger charge is 2.21. The van der Waals surface area contributed by atoms with Crippen molar-refractivity contribution in [3.63, 3.8) is 0 Å². The Balaban J connectivity index is 1.69. The third-order valence-corrected chi connectivity index (χ3v) is 4.29. The number of rotatable bonds is 3. The quantitative estimate of drug-likeness (QED) is 0.932. The van der Waals surface area contributed by atoms with Gasteiger partial charge >= 0.3 is 0 Å². The van der Waals surface area contributed by atoms with E-state index in [1.54, 1.807) is 6.07 Å². The van der Waals surface area contributed by atoms with Crippen LogP contribution >= 0.6 is 0 Å². The molecule has 1 aliphatic carbocycles. The van der Waals surface area contributed by atoms with Gasteiger partial charge in [0.15, 0.2) is 0 Å². The molecule has 0 radical (unpaired) electrons. The topological polar surface area (TPSA) is 42.2 Å². The molecule has 0 spiro atoms. The van der Waals surface area contributed by atoms with Gasteiger partial charge in [-0.2, -0.15) is 0 Å². The molecule has 0 fully saturated rings. The van der Waals surface area contributed by atoms with E-state index in [2.05, 4.69) is 29.6 Å². The molecule has 3 rings (SSSR count). The molecule has 3 nitrogen and oxygen atoms in total. The fourth-order valence-corrected chi connectivity index (χ4v) is 3.23. The second kappa shape index (κ2) is 5.76. The Labute approximate surface area is 125 Å². The fraction of sp³-hybridized carbons (Fsp3) is 0.389. The maximum Gasteiger partial charge on any atom is 0.254 e. The van der Waals surface area contributed by atoms with Crippen molar-refractivity contribution in [2.45, 2.75) is 39.0 Å². The van der Waals surface area contributed by atoms with Gasteiger partial charge < -0.3 is 9.73 Å². The molecule has 1 aliphatic rings. The predicted molar refractivity (Wildman–Crippen MR) is 82.6 cm³/mol. The summed E-state index contributed by atoms with van der Waals surface area (Å²) in [6, 6.07) is 10.4. The Morgan fingerprint density at radius 1 is 1.33 bits per heavy atom. The minimum atomic E-state index is -0.0348. The molecule has 1 aromatic heterocycles. The minimum absolute atomic E-state index is 0.0348. The third-order valence-electron chi connectivity index (χ3n) is 4.29. The number of carbonyl (C=O) groups is 1. The highest BCUT2D eigenvalue weighted by molar-refractivity contribution is 5.95. The summed E-state index contributed by atoms with van der Waals surface area (Å²) < 4.78 is 5.42. The molecule has 1 unspecified atom stereocenters. The maximum absolute atomic E-state index is 12.3. The second-order valence-corrected chi connectivity index (χ2v) is 5.82. The van der Waals surface area contributed by atoms with Crippen LogP contribution in [0.25, 0.3) is 0 Å². The summed E-state index contributed by atoms with van der Waals surface area (Å²) in [4.78, 5) is 12.3. The summed E-state index contributed by atoms with van der Waals surface area (Å²) in [5.41, 5.74) is 3.47. The van der Waals surface area contributed by atoms with Crippen LogP contribution in [0.15, 0.2) is 34.7 Å². The maximum atomic E-state index is 12.3. The number of amides is 1. The lowest BCUT2D eigenvalue weighted by Gasteiger charge is -2.25. The van der Waals surface area contributed by atoms with E-state index in [1.165, 1.54) is 17.5 Å². The Hall–Kier alpha value is -2.03. The van der Waals surface area contributed by atoms with Crippen LogP contribution < -0.4 is 5.32 Å². The van der Waals surface area contributed by atoms with Crippen LogP contribution in [-0.2, 0) is 6.42 Å². The van der Waals surface area contributed by atoms with E-state index >= 15 is 0 Å². The number of aryl methyl sites for hydroxylation is 3. The van der Waals surface area contributed by atoms with Crippen LogP contribution in [-0.4, -0.2) is 12.5 Å². The lowest BCUT2D eigenvalue weighted by Crippen LogP contribution is -2.30. The number of furan rings is 1. The predicted octanol–water partition coefficient (Wildman–Crippen LogP) is 3.75. The number of hydrogen-bond acceptors (Lipinski definition) is 2. The zero-order chi connectivity index (χ0) is 14.8. The largest absolute Gasteiger partial charge is 0.466 e. The SMILES string of the molecule is Cc1cc(C(=O)NCC2CCCc3ccccc32)c(C)o1. The van der Waals surface area contributed by atoms with E-state index in [0.717, 1.165) is 18.6 Å². The lowest BCUT2D eigenvalue weighted by atomic mass is 9.83. The average Bonchev–Trinajstić information content (AvgIpc) is 2.83. The number of benzene rings is 1. The summed E-state index contributed by atoms with van der Waals surface area (Å²) in [6.45, 7) is 4.39. The van der Waals surface area contributed by atoms with Crippen molar-refractivity contribution in [3.05, 3.63) is 58.5 Å². The van der Waals surface area contributed by atoms with Gasteiger partial charge in [0.1, 0.15) is 11.5 Å². The minimum Gasteiger partial charge on any atom is -0.466 e. The average molecular weight is 283 g/mol. The first-order valence-corrected chi connectivity index (χ1v) is 7.58. The molecule has 0 saturated heterocycles. The van der Waals surface area contributed by atoms with Crippen molar-refractivity contribution in [1.82, 2.24) is 5.32 Å². The summed E-state index contributed by atoms with van der Waals surface area (Å²) in [5, 5.41) is 3.06. The van der Waals surface area contributed by atoms with E-state index < -0.39 is 0 Å². The van der Waals surface area contributed by atoms with Crippen molar-refractivity contribution in [2.24, 2.45) is 0 Å². The summed E-state index contributed by atoms with van der Waals surface area (Å²) in [5.74, 6) is 1.86. The van der Waals surface area contributed by atoms with Crippen LogP contribution in [0, 0.1) is 13.8 Å². The molecule has 1 heterocycles. The molecule has 3 heteroatoms.